The summed E-state index contributed by atoms with van der Waals surface area (Å²) in [6, 6.07) is 13.5. The van der Waals surface area contributed by atoms with Crippen LogP contribution < -0.4 is 0 Å². The third-order valence-electron chi connectivity index (χ3n) is 3.56. The molecule has 0 radical (unpaired) electrons. The number of Topliss-reactive ketones (excluding diaryl/α,β-unsaturated/α-hetero) is 1. The number of hydrogen-bond acceptors (Lipinski definition) is 3. The quantitative estimate of drug-likeness (QED) is 0.354. The van der Waals surface area contributed by atoms with Crippen molar-refractivity contribution in [1.29, 1.82) is 0 Å². The summed E-state index contributed by atoms with van der Waals surface area (Å²) in [5, 5.41) is 2.51. The minimum Gasteiger partial charge on any atom is -0.293 e. The standard InChI is InChI=1S/C18H14Cl2OS2/c1-11-15-10-13(20)4-7-17(15)23-18(11)16(21)8-9-22-14-5-2-12(19)3-6-14/h2-7,10H,8-9H2,1H3. The van der Waals surface area contributed by atoms with Gasteiger partial charge in [0.1, 0.15) is 0 Å². The minimum atomic E-state index is 0.196. The second-order valence-corrected chi connectivity index (χ2v) is 8.27. The van der Waals surface area contributed by atoms with E-state index >= 15 is 0 Å². The van der Waals surface area contributed by atoms with E-state index in [-0.39, 0.29) is 5.78 Å². The normalized spacial score (nSPS) is 11.1. The molecule has 0 amide bonds. The van der Waals surface area contributed by atoms with Crippen molar-refractivity contribution in [3.05, 3.63) is 63.0 Å². The van der Waals surface area contributed by atoms with Crippen LogP contribution >= 0.6 is 46.3 Å². The Bertz CT molecular complexity index is 853. The topological polar surface area (TPSA) is 17.1 Å². The highest BCUT2D eigenvalue weighted by atomic mass is 35.5. The number of aryl methyl sites for hydroxylation is 1. The van der Waals surface area contributed by atoms with Crippen LogP contribution in [-0.4, -0.2) is 11.5 Å². The van der Waals surface area contributed by atoms with Crippen LogP contribution in [0, 0.1) is 6.92 Å². The van der Waals surface area contributed by atoms with Crippen molar-refractivity contribution >= 4 is 62.2 Å². The first-order valence-electron chi connectivity index (χ1n) is 7.15. The monoisotopic (exact) mass is 380 g/mol. The van der Waals surface area contributed by atoms with Gasteiger partial charge in [-0.15, -0.1) is 23.1 Å². The van der Waals surface area contributed by atoms with Crippen molar-refractivity contribution in [2.45, 2.75) is 18.2 Å². The fourth-order valence-electron chi connectivity index (χ4n) is 2.37. The average molecular weight is 381 g/mol. The van der Waals surface area contributed by atoms with Crippen LogP contribution in [0.1, 0.15) is 21.7 Å². The lowest BCUT2D eigenvalue weighted by atomic mass is 10.1. The van der Waals surface area contributed by atoms with E-state index in [0.29, 0.717) is 11.4 Å². The summed E-state index contributed by atoms with van der Waals surface area (Å²) in [4.78, 5) is 14.5. The molecule has 0 bridgehead atoms. The predicted molar refractivity (Wildman–Crippen MR) is 103 cm³/mol. The maximum atomic E-state index is 12.5. The van der Waals surface area contributed by atoms with E-state index < -0.39 is 0 Å². The molecule has 0 saturated heterocycles. The lowest BCUT2D eigenvalue weighted by Crippen LogP contribution is -1.99. The zero-order valence-corrected chi connectivity index (χ0v) is 15.6. The van der Waals surface area contributed by atoms with Crippen LogP contribution in [0.3, 0.4) is 0 Å². The summed E-state index contributed by atoms with van der Waals surface area (Å²) in [5.74, 6) is 0.954. The van der Waals surface area contributed by atoms with E-state index in [2.05, 4.69) is 0 Å². The van der Waals surface area contributed by atoms with Crippen molar-refractivity contribution in [1.82, 2.24) is 0 Å². The molecular weight excluding hydrogens is 367 g/mol. The molecule has 0 N–H and O–H groups in total. The molecule has 2 aromatic carbocycles. The van der Waals surface area contributed by atoms with Gasteiger partial charge in [0.15, 0.2) is 5.78 Å². The van der Waals surface area contributed by atoms with Gasteiger partial charge in [-0.05, 0) is 60.3 Å². The fourth-order valence-corrected chi connectivity index (χ4v) is 4.67. The molecule has 0 atom stereocenters. The summed E-state index contributed by atoms with van der Waals surface area (Å²) in [5.41, 5.74) is 1.04. The lowest BCUT2D eigenvalue weighted by Gasteiger charge is -2.02. The zero-order valence-electron chi connectivity index (χ0n) is 12.4. The molecule has 3 aromatic rings. The molecule has 0 fully saturated rings. The van der Waals surface area contributed by atoms with Gasteiger partial charge in [0.2, 0.25) is 0 Å². The van der Waals surface area contributed by atoms with Gasteiger partial charge in [-0.25, -0.2) is 0 Å². The number of carbonyl (C=O) groups excluding carboxylic acids is 1. The number of rotatable bonds is 5. The van der Waals surface area contributed by atoms with Crippen molar-refractivity contribution in [3.8, 4) is 0 Å². The van der Waals surface area contributed by atoms with E-state index in [1.54, 1.807) is 23.1 Å². The Morgan fingerprint density at radius 1 is 1.09 bits per heavy atom. The molecule has 1 nitrogen and oxygen atoms in total. The SMILES string of the molecule is Cc1c(C(=O)CCSc2ccc(Cl)cc2)sc2ccc(Cl)cc12. The van der Waals surface area contributed by atoms with Gasteiger partial charge >= 0.3 is 0 Å². The number of hydrogen-bond donors (Lipinski definition) is 0. The second kappa shape index (κ2) is 7.27. The molecule has 118 valence electrons. The van der Waals surface area contributed by atoms with Crippen molar-refractivity contribution in [3.63, 3.8) is 0 Å². The van der Waals surface area contributed by atoms with Crippen molar-refractivity contribution in [2.24, 2.45) is 0 Å². The van der Waals surface area contributed by atoms with Gasteiger partial charge < -0.3 is 0 Å². The van der Waals surface area contributed by atoms with Crippen molar-refractivity contribution < 1.29 is 4.79 Å². The summed E-state index contributed by atoms with van der Waals surface area (Å²) in [7, 11) is 0. The second-order valence-electron chi connectivity index (χ2n) is 5.17. The third kappa shape index (κ3) is 3.92. The van der Waals surface area contributed by atoms with Crippen LogP contribution in [-0.2, 0) is 0 Å². The molecule has 1 aromatic heterocycles. The minimum absolute atomic E-state index is 0.196. The Labute approximate surface area is 153 Å². The summed E-state index contributed by atoms with van der Waals surface area (Å²) >= 11 is 15.1. The van der Waals surface area contributed by atoms with E-state index in [1.807, 2.05) is 49.4 Å². The van der Waals surface area contributed by atoms with Gasteiger partial charge in [0.25, 0.3) is 0 Å². The number of halogens is 2. The molecule has 0 unspecified atom stereocenters. The summed E-state index contributed by atoms with van der Waals surface area (Å²) < 4.78 is 1.11. The van der Waals surface area contributed by atoms with Gasteiger partial charge in [0.05, 0.1) is 4.88 Å². The van der Waals surface area contributed by atoms with Crippen LogP contribution in [0.25, 0.3) is 10.1 Å². The number of ketones is 1. The van der Waals surface area contributed by atoms with Crippen molar-refractivity contribution in [2.75, 3.05) is 5.75 Å². The van der Waals surface area contributed by atoms with Crippen LogP contribution in [0.2, 0.25) is 10.0 Å². The summed E-state index contributed by atoms with van der Waals surface area (Å²) in [6.07, 6.45) is 0.523. The number of benzene rings is 2. The Kier molecular flexibility index (Phi) is 5.32. The Morgan fingerprint density at radius 3 is 2.52 bits per heavy atom. The number of fused-ring (bicyclic) bond motifs is 1. The van der Waals surface area contributed by atoms with Gasteiger partial charge in [-0.2, -0.15) is 0 Å². The Balaban J connectivity index is 1.68. The third-order valence-corrected chi connectivity index (χ3v) is 6.38. The molecule has 0 spiro atoms. The van der Waals surface area contributed by atoms with Gasteiger partial charge in [-0.1, -0.05) is 23.2 Å². The fraction of sp³-hybridized carbons (Fsp3) is 0.167. The van der Waals surface area contributed by atoms with Crippen LogP contribution in [0.4, 0.5) is 0 Å². The summed E-state index contributed by atoms with van der Waals surface area (Å²) in [6.45, 7) is 1.99. The first-order chi connectivity index (χ1) is 11.0. The number of thioether (sulfide) groups is 1. The maximum Gasteiger partial charge on any atom is 0.173 e. The average Bonchev–Trinajstić information content (AvgIpc) is 2.86. The smallest absolute Gasteiger partial charge is 0.173 e. The molecule has 5 heteroatoms. The van der Waals surface area contributed by atoms with E-state index in [0.717, 1.165) is 36.2 Å². The molecule has 1 heterocycles. The largest absolute Gasteiger partial charge is 0.293 e. The number of carbonyl (C=O) groups is 1. The molecule has 3 rings (SSSR count). The van der Waals surface area contributed by atoms with E-state index in [1.165, 1.54) is 0 Å². The van der Waals surface area contributed by atoms with Crippen LogP contribution in [0.15, 0.2) is 47.4 Å². The molecule has 0 aliphatic carbocycles. The highest BCUT2D eigenvalue weighted by molar-refractivity contribution is 7.99. The molecule has 0 saturated carbocycles. The highest BCUT2D eigenvalue weighted by Gasteiger charge is 2.15. The zero-order chi connectivity index (χ0) is 16.4. The lowest BCUT2D eigenvalue weighted by molar-refractivity contribution is 0.0993. The Morgan fingerprint density at radius 2 is 1.78 bits per heavy atom. The van der Waals surface area contributed by atoms with Gasteiger partial charge in [-0.3, -0.25) is 4.79 Å². The Hall–Kier alpha value is -1.00. The van der Waals surface area contributed by atoms with E-state index in [4.69, 9.17) is 23.2 Å². The molecule has 0 aliphatic rings. The predicted octanol–water partition coefficient (Wildman–Crippen LogP) is 6.88. The molecular formula is C18H14Cl2OS2. The first-order valence-corrected chi connectivity index (χ1v) is 9.70. The van der Waals surface area contributed by atoms with E-state index in [9.17, 15) is 4.79 Å². The van der Waals surface area contributed by atoms with Gasteiger partial charge in [0, 0.05) is 31.8 Å². The maximum absolute atomic E-state index is 12.5. The number of thiophene rings is 1. The molecule has 0 aliphatic heterocycles. The first kappa shape index (κ1) is 16.8. The molecule has 23 heavy (non-hydrogen) atoms. The highest BCUT2D eigenvalue weighted by Crippen LogP contribution is 2.33. The van der Waals surface area contributed by atoms with Crippen LogP contribution in [0.5, 0.6) is 0 Å².